The number of aryl methyl sites for hydroxylation is 1. The number of halogens is 1. The molecule has 0 aliphatic heterocycles. The molecule has 0 fully saturated rings. The van der Waals surface area contributed by atoms with Gasteiger partial charge in [0.05, 0.1) is 12.2 Å². The highest BCUT2D eigenvalue weighted by atomic mass is 19.1. The fourth-order valence-electron chi connectivity index (χ4n) is 1.74. The van der Waals surface area contributed by atoms with Crippen LogP contribution in [-0.4, -0.2) is 4.98 Å². The highest BCUT2D eigenvalue weighted by Crippen LogP contribution is 2.23. The van der Waals surface area contributed by atoms with Crippen molar-refractivity contribution < 1.29 is 4.39 Å². The van der Waals surface area contributed by atoms with Gasteiger partial charge >= 0.3 is 0 Å². The number of pyridine rings is 1. The normalized spacial score (nSPS) is 12.4. The van der Waals surface area contributed by atoms with Crippen LogP contribution in [0.2, 0.25) is 0 Å². The molecule has 2 aromatic rings. The van der Waals surface area contributed by atoms with Crippen LogP contribution in [0.3, 0.4) is 0 Å². The maximum absolute atomic E-state index is 13.6. The number of hydrogen-bond donors (Lipinski definition) is 2. The van der Waals surface area contributed by atoms with Gasteiger partial charge in [-0.25, -0.2) is 9.82 Å². The summed E-state index contributed by atoms with van der Waals surface area (Å²) in [7, 11) is 0. The summed E-state index contributed by atoms with van der Waals surface area (Å²) in [6.45, 7) is 2.00. The number of aromatic nitrogens is 1. The van der Waals surface area contributed by atoms with Crippen LogP contribution in [0.25, 0.3) is 0 Å². The van der Waals surface area contributed by atoms with E-state index in [9.17, 15) is 4.39 Å². The van der Waals surface area contributed by atoms with Crippen molar-refractivity contribution in [1.29, 1.82) is 0 Å². The summed E-state index contributed by atoms with van der Waals surface area (Å²) in [5.74, 6) is 5.14. The average Bonchev–Trinajstić information content (AvgIpc) is 2.35. The number of nitrogens with two attached hydrogens (primary N) is 1. The first kappa shape index (κ1) is 11.7. The number of hydrazine groups is 1. The van der Waals surface area contributed by atoms with Crippen LogP contribution in [0.15, 0.2) is 42.7 Å². The standard InChI is InChI=1S/C13H14FN3/c1-9-2-4-10(5-3-9)13(17-15)11-6-7-16-8-12(11)14/h2-8,13,17H,15H2,1H3. The number of nitrogens with one attached hydrogen (secondary N) is 1. The molecule has 0 amide bonds. The van der Waals surface area contributed by atoms with Crippen LogP contribution in [0.5, 0.6) is 0 Å². The Kier molecular flexibility index (Phi) is 3.46. The molecule has 1 unspecified atom stereocenters. The summed E-state index contributed by atoms with van der Waals surface area (Å²) in [5, 5.41) is 0. The van der Waals surface area contributed by atoms with Gasteiger partial charge in [0, 0.05) is 11.8 Å². The van der Waals surface area contributed by atoms with Gasteiger partial charge in [-0.3, -0.25) is 10.8 Å². The molecule has 3 nitrogen and oxygen atoms in total. The van der Waals surface area contributed by atoms with Gasteiger partial charge in [-0.15, -0.1) is 0 Å². The molecule has 0 saturated carbocycles. The van der Waals surface area contributed by atoms with E-state index >= 15 is 0 Å². The van der Waals surface area contributed by atoms with Gasteiger partial charge in [0.15, 0.2) is 0 Å². The molecule has 0 bridgehead atoms. The Hall–Kier alpha value is -1.78. The number of nitrogens with zero attached hydrogens (tertiary/aromatic N) is 1. The number of hydrogen-bond acceptors (Lipinski definition) is 3. The zero-order chi connectivity index (χ0) is 12.3. The van der Waals surface area contributed by atoms with Gasteiger partial charge < -0.3 is 0 Å². The van der Waals surface area contributed by atoms with Crippen LogP contribution >= 0.6 is 0 Å². The quantitative estimate of drug-likeness (QED) is 0.628. The third kappa shape index (κ3) is 2.49. The molecule has 17 heavy (non-hydrogen) atoms. The smallest absolute Gasteiger partial charge is 0.146 e. The summed E-state index contributed by atoms with van der Waals surface area (Å²) in [6.07, 6.45) is 2.74. The fraction of sp³-hybridized carbons (Fsp3) is 0.154. The highest BCUT2D eigenvalue weighted by Gasteiger charge is 2.15. The van der Waals surface area contributed by atoms with Crippen LogP contribution < -0.4 is 11.3 Å². The molecule has 2 rings (SSSR count). The van der Waals surface area contributed by atoms with Crippen LogP contribution in [0, 0.1) is 12.7 Å². The Labute approximate surface area is 99.5 Å². The first-order chi connectivity index (χ1) is 8.22. The van der Waals surface area contributed by atoms with Crippen molar-refractivity contribution in [3.63, 3.8) is 0 Å². The van der Waals surface area contributed by atoms with E-state index in [1.165, 1.54) is 6.20 Å². The topological polar surface area (TPSA) is 50.9 Å². The number of benzene rings is 1. The maximum atomic E-state index is 13.6. The van der Waals surface area contributed by atoms with Crippen LogP contribution in [0.1, 0.15) is 22.7 Å². The van der Waals surface area contributed by atoms with Gasteiger partial charge in [-0.2, -0.15) is 0 Å². The summed E-state index contributed by atoms with van der Waals surface area (Å²) in [5.41, 5.74) is 5.19. The maximum Gasteiger partial charge on any atom is 0.146 e. The Morgan fingerprint density at radius 1 is 1.24 bits per heavy atom. The van der Waals surface area contributed by atoms with Crippen molar-refractivity contribution in [2.45, 2.75) is 13.0 Å². The summed E-state index contributed by atoms with van der Waals surface area (Å²) < 4.78 is 13.6. The molecule has 1 heterocycles. The van der Waals surface area contributed by atoms with E-state index in [0.717, 1.165) is 11.1 Å². The minimum absolute atomic E-state index is 0.362. The lowest BCUT2D eigenvalue weighted by Gasteiger charge is -2.17. The lowest BCUT2D eigenvalue weighted by molar-refractivity contribution is 0.555. The van der Waals surface area contributed by atoms with E-state index in [-0.39, 0.29) is 11.9 Å². The van der Waals surface area contributed by atoms with Crippen molar-refractivity contribution in [2.75, 3.05) is 0 Å². The Bertz CT molecular complexity index is 496. The first-order valence-electron chi connectivity index (χ1n) is 5.34. The van der Waals surface area contributed by atoms with Gasteiger partial charge in [-0.1, -0.05) is 29.8 Å². The summed E-state index contributed by atoms with van der Waals surface area (Å²) >= 11 is 0. The largest absolute Gasteiger partial charge is 0.271 e. The van der Waals surface area contributed by atoms with E-state index in [2.05, 4.69) is 10.4 Å². The molecule has 3 N–H and O–H groups in total. The molecule has 0 saturated heterocycles. The fourth-order valence-corrected chi connectivity index (χ4v) is 1.74. The van der Waals surface area contributed by atoms with E-state index in [1.54, 1.807) is 12.3 Å². The molecule has 88 valence electrons. The van der Waals surface area contributed by atoms with Crippen molar-refractivity contribution in [3.05, 3.63) is 65.2 Å². The van der Waals surface area contributed by atoms with E-state index in [1.807, 2.05) is 31.2 Å². The van der Waals surface area contributed by atoms with Crippen molar-refractivity contribution in [2.24, 2.45) is 5.84 Å². The van der Waals surface area contributed by atoms with Crippen molar-refractivity contribution in [1.82, 2.24) is 10.4 Å². The lowest BCUT2D eigenvalue weighted by Crippen LogP contribution is -2.29. The molecular formula is C13H14FN3. The Morgan fingerprint density at radius 2 is 1.94 bits per heavy atom. The minimum atomic E-state index is -0.365. The van der Waals surface area contributed by atoms with Crippen molar-refractivity contribution in [3.8, 4) is 0 Å². The van der Waals surface area contributed by atoms with Gasteiger partial charge in [0.25, 0.3) is 0 Å². The molecule has 1 atom stereocenters. The van der Waals surface area contributed by atoms with Crippen LogP contribution in [-0.2, 0) is 0 Å². The molecule has 0 aliphatic rings. The van der Waals surface area contributed by atoms with Gasteiger partial charge in [0.1, 0.15) is 5.82 Å². The van der Waals surface area contributed by atoms with Crippen LogP contribution in [0.4, 0.5) is 4.39 Å². The summed E-state index contributed by atoms with van der Waals surface area (Å²) in [6, 6.07) is 9.06. The second-order valence-electron chi connectivity index (χ2n) is 3.91. The van der Waals surface area contributed by atoms with E-state index in [4.69, 9.17) is 5.84 Å². The molecular weight excluding hydrogens is 217 g/mol. The average molecular weight is 231 g/mol. The zero-order valence-corrected chi connectivity index (χ0v) is 9.52. The van der Waals surface area contributed by atoms with E-state index in [0.29, 0.717) is 5.56 Å². The van der Waals surface area contributed by atoms with Gasteiger partial charge in [0.2, 0.25) is 0 Å². The van der Waals surface area contributed by atoms with E-state index < -0.39 is 0 Å². The zero-order valence-electron chi connectivity index (χ0n) is 9.52. The second kappa shape index (κ2) is 5.03. The second-order valence-corrected chi connectivity index (χ2v) is 3.91. The molecule has 0 spiro atoms. The SMILES string of the molecule is Cc1ccc(C(NN)c2ccncc2F)cc1. The third-order valence-corrected chi connectivity index (χ3v) is 2.69. The number of rotatable bonds is 3. The predicted molar refractivity (Wildman–Crippen MR) is 64.5 cm³/mol. The Balaban J connectivity index is 2.40. The molecule has 0 radical (unpaired) electrons. The van der Waals surface area contributed by atoms with Crippen molar-refractivity contribution >= 4 is 0 Å². The van der Waals surface area contributed by atoms with Gasteiger partial charge in [-0.05, 0) is 18.6 Å². The first-order valence-corrected chi connectivity index (χ1v) is 5.34. The molecule has 1 aromatic heterocycles. The Morgan fingerprint density at radius 3 is 2.53 bits per heavy atom. The lowest BCUT2D eigenvalue weighted by atomic mass is 9.99. The monoisotopic (exact) mass is 231 g/mol. The third-order valence-electron chi connectivity index (χ3n) is 2.69. The molecule has 4 heteroatoms. The highest BCUT2D eigenvalue weighted by molar-refractivity contribution is 5.32. The minimum Gasteiger partial charge on any atom is -0.271 e. The predicted octanol–water partition coefficient (Wildman–Crippen LogP) is 2.08. The summed E-state index contributed by atoms with van der Waals surface area (Å²) in [4.78, 5) is 3.73. The molecule has 0 aliphatic carbocycles. The molecule has 1 aromatic carbocycles.